The summed E-state index contributed by atoms with van der Waals surface area (Å²) in [6.07, 6.45) is 6.68. The molecule has 0 radical (unpaired) electrons. The lowest BCUT2D eigenvalue weighted by Crippen LogP contribution is -2.59. The van der Waals surface area contributed by atoms with E-state index in [9.17, 15) is 4.79 Å². The van der Waals surface area contributed by atoms with Gasteiger partial charge in [0.1, 0.15) is 5.82 Å². The average molecular weight is 515 g/mol. The Morgan fingerprint density at radius 1 is 1.16 bits per heavy atom. The summed E-state index contributed by atoms with van der Waals surface area (Å²) in [7, 11) is 4.31. The maximum Gasteiger partial charge on any atom is 0.245 e. The number of amides is 1. The molecule has 0 unspecified atom stereocenters. The van der Waals surface area contributed by atoms with Gasteiger partial charge in [0.2, 0.25) is 11.9 Å². The van der Waals surface area contributed by atoms with E-state index in [-0.39, 0.29) is 11.3 Å². The number of benzene rings is 1. The molecule has 1 aromatic carbocycles. The first-order valence-electron chi connectivity index (χ1n) is 13.7. The van der Waals surface area contributed by atoms with Gasteiger partial charge in [0, 0.05) is 68.2 Å². The maximum absolute atomic E-state index is 12.1. The van der Waals surface area contributed by atoms with Crippen molar-refractivity contribution in [1.29, 1.82) is 0 Å². The Labute approximate surface area is 224 Å². The number of anilines is 2. The Kier molecular flexibility index (Phi) is 6.34. The highest BCUT2D eigenvalue weighted by Gasteiger charge is 2.49. The quantitative estimate of drug-likeness (QED) is 0.505. The first kappa shape index (κ1) is 24.9. The van der Waals surface area contributed by atoms with Crippen molar-refractivity contribution in [3.63, 3.8) is 0 Å². The normalized spacial score (nSPS) is 19.5. The number of nitrogens with one attached hydrogen (secondary N) is 1. The lowest BCUT2D eigenvalue weighted by Gasteiger charge is -2.47. The summed E-state index contributed by atoms with van der Waals surface area (Å²) < 4.78 is 0. The third-order valence-electron chi connectivity index (χ3n) is 8.61. The summed E-state index contributed by atoms with van der Waals surface area (Å²) in [5.74, 6) is 2.54. The molecule has 9 nitrogen and oxygen atoms in total. The first-order chi connectivity index (χ1) is 18.3. The summed E-state index contributed by atoms with van der Waals surface area (Å²) in [4.78, 5) is 31.3. The van der Waals surface area contributed by atoms with Crippen molar-refractivity contribution in [3.05, 3.63) is 42.6 Å². The molecule has 3 saturated heterocycles. The SMILES string of the molecule is C=CC(=O)N1CC2(CCN(c3cc(-c4c(C)ccc5[nH]ncc45)nc(N4CCC(CN(C)C)CC4)n3)C2)C1. The molecule has 0 bridgehead atoms. The van der Waals surface area contributed by atoms with Gasteiger partial charge in [-0.2, -0.15) is 10.1 Å². The van der Waals surface area contributed by atoms with E-state index >= 15 is 0 Å². The molecule has 38 heavy (non-hydrogen) atoms. The minimum atomic E-state index is 0.0297. The Morgan fingerprint density at radius 2 is 1.95 bits per heavy atom. The van der Waals surface area contributed by atoms with Gasteiger partial charge in [-0.25, -0.2) is 4.98 Å². The third-order valence-corrected chi connectivity index (χ3v) is 8.61. The zero-order valence-corrected chi connectivity index (χ0v) is 22.8. The molecule has 3 fully saturated rings. The molecular formula is C29H38N8O. The highest BCUT2D eigenvalue weighted by molar-refractivity contribution is 5.95. The smallest absolute Gasteiger partial charge is 0.245 e. The molecule has 9 heteroatoms. The Hall–Kier alpha value is -3.46. The molecule has 3 aliphatic heterocycles. The molecule has 1 spiro atoms. The zero-order chi connectivity index (χ0) is 26.4. The fourth-order valence-corrected chi connectivity index (χ4v) is 6.59. The number of likely N-dealkylation sites (tertiary alicyclic amines) is 1. The molecule has 2 aromatic heterocycles. The second-order valence-electron chi connectivity index (χ2n) is 11.8. The number of carbonyl (C=O) groups excluding carboxylic acids is 1. The van der Waals surface area contributed by atoms with Crippen molar-refractivity contribution in [2.75, 3.05) is 69.7 Å². The van der Waals surface area contributed by atoms with Gasteiger partial charge in [-0.1, -0.05) is 12.6 Å². The number of rotatable bonds is 6. The number of hydrogen-bond donors (Lipinski definition) is 1. The second-order valence-corrected chi connectivity index (χ2v) is 11.8. The monoisotopic (exact) mass is 514 g/mol. The molecule has 6 rings (SSSR count). The number of aromatic amines is 1. The topological polar surface area (TPSA) is 84.5 Å². The van der Waals surface area contributed by atoms with Gasteiger partial charge >= 0.3 is 0 Å². The number of carbonyl (C=O) groups is 1. The van der Waals surface area contributed by atoms with Crippen LogP contribution in [-0.2, 0) is 4.79 Å². The highest BCUT2D eigenvalue weighted by Crippen LogP contribution is 2.42. The van der Waals surface area contributed by atoms with Gasteiger partial charge in [0.25, 0.3) is 0 Å². The summed E-state index contributed by atoms with van der Waals surface area (Å²) >= 11 is 0. The molecule has 1 amide bonds. The van der Waals surface area contributed by atoms with Crippen LogP contribution in [0.4, 0.5) is 11.8 Å². The van der Waals surface area contributed by atoms with Crippen molar-refractivity contribution in [3.8, 4) is 11.3 Å². The first-order valence-corrected chi connectivity index (χ1v) is 13.7. The van der Waals surface area contributed by atoms with Gasteiger partial charge in [-0.05, 0) is 63.9 Å². The number of piperidine rings is 1. The van der Waals surface area contributed by atoms with Crippen LogP contribution in [0.15, 0.2) is 37.1 Å². The molecule has 0 atom stereocenters. The Balaban J connectivity index is 1.32. The second kappa shape index (κ2) is 9.69. The summed E-state index contributed by atoms with van der Waals surface area (Å²) in [6, 6.07) is 6.37. The van der Waals surface area contributed by atoms with E-state index < -0.39 is 0 Å². The van der Waals surface area contributed by atoms with Crippen molar-refractivity contribution in [2.24, 2.45) is 11.3 Å². The van der Waals surface area contributed by atoms with E-state index in [1.54, 1.807) is 0 Å². The Morgan fingerprint density at radius 3 is 2.68 bits per heavy atom. The molecule has 200 valence electrons. The minimum absolute atomic E-state index is 0.0297. The molecule has 3 aliphatic rings. The summed E-state index contributed by atoms with van der Waals surface area (Å²) in [6.45, 7) is 12.3. The van der Waals surface area contributed by atoms with Crippen LogP contribution in [0.25, 0.3) is 22.2 Å². The van der Waals surface area contributed by atoms with Crippen LogP contribution in [0.3, 0.4) is 0 Å². The van der Waals surface area contributed by atoms with Crippen LogP contribution in [0, 0.1) is 18.3 Å². The van der Waals surface area contributed by atoms with Crippen LogP contribution in [0.5, 0.6) is 0 Å². The van der Waals surface area contributed by atoms with Gasteiger partial charge in [0.15, 0.2) is 0 Å². The van der Waals surface area contributed by atoms with Gasteiger partial charge in [-0.15, -0.1) is 0 Å². The van der Waals surface area contributed by atoms with E-state index in [0.29, 0.717) is 5.92 Å². The average Bonchev–Trinajstić information content (AvgIpc) is 3.55. The van der Waals surface area contributed by atoms with Gasteiger partial charge < -0.3 is 19.6 Å². The van der Waals surface area contributed by atoms with Crippen LogP contribution in [0.1, 0.15) is 24.8 Å². The number of aromatic nitrogens is 4. The molecular weight excluding hydrogens is 476 g/mol. The highest BCUT2D eigenvalue weighted by atomic mass is 16.2. The van der Waals surface area contributed by atoms with E-state index in [1.165, 1.54) is 11.6 Å². The van der Waals surface area contributed by atoms with Crippen molar-refractivity contribution < 1.29 is 4.79 Å². The van der Waals surface area contributed by atoms with Crippen LogP contribution >= 0.6 is 0 Å². The summed E-state index contributed by atoms with van der Waals surface area (Å²) in [5, 5.41) is 8.50. The van der Waals surface area contributed by atoms with Crippen molar-refractivity contribution >= 4 is 28.6 Å². The van der Waals surface area contributed by atoms with Crippen molar-refractivity contribution in [1.82, 2.24) is 30.0 Å². The lowest BCUT2D eigenvalue weighted by molar-refractivity contribution is -0.136. The number of aryl methyl sites for hydroxylation is 1. The molecule has 5 heterocycles. The fourth-order valence-electron chi connectivity index (χ4n) is 6.59. The van der Waals surface area contributed by atoms with Crippen molar-refractivity contribution in [2.45, 2.75) is 26.2 Å². The van der Waals surface area contributed by atoms with Crippen LogP contribution in [-0.4, -0.2) is 95.8 Å². The van der Waals surface area contributed by atoms with Gasteiger partial charge in [0.05, 0.1) is 17.4 Å². The van der Waals surface area contributed by atoms with E-state index in [1.807, 2.05) is 11.1 Å². The van der Waals surface area contributed by atoms with E-state index in [4.69, 9.17) is 9.97 Å². The standard InChI is InChI=1S/C29H38N8O/c1-5-26(38)37-18-29(19-37)10-13-36(17-29)25-14-24(27-20(2)6-7-23-22(27)15-30-33-23)31-28(32-25)35-11-8-21(9-12-35)16-34(3)4/h5-7,14-15,21H,1,8-13,16-19H2,2-4H3,(H,30,33). The lowest BCUT2D eigenvalue weighted by atomic mass is 9.79. The molecule has 1 N–H and O–H groups in total. The van der Waals surface area contributed by atoms with Gasteiger partial charge in [-0.3, -0.25) is 9.89 Å². The Bertz CT molecular complexity index is 1350. The zero-order valence-electron chi connectivity index (χ0n) is 22.8. The fraction of sp³-hybridized carbons (Fsp3) is 0.517. The summed E-state index contributed by atoms with van der Waals surface area (Å²) in [5.41, 5.74) is 4.40. The number of fused-ring (bicyclic) bond motifs is 1. The number of H-pyrrole nitrogens is 1. The number of hydrogen-bond acceptors (Lipinski definition) is 7. The van der Waals surface area contributed by atoms with Crippen LogP contribution < -0.4 is 9.80 Å². The largest absolute Gasteiger partial charge is 0.356 e. The van der Waals surface area contributed by atoms with Crippen LogP contribution in [0.2, 0.25) is 0 Å². The molecule has 3 aromatic rings. The third kappa shape index (κ3) is 4.53. The minimum Gasteiger partial charge on any atom is -0.356 e. The molecule has 0 saturated carbocycles. The maximum atomic E-state index is 12.1. The predicted octanol–water partition coefficient (Wildman–Crippen LogP) is 3.33. The van der Waals surface area contributed by atoms with E-state index in [2.05, 4.69) is 70.7 Å². The van der Waals surface area contributed by atoms with E-state index in [0.717, 1.165) is 99.0 Å². The predicted molar refractivity (Wildman–Crippen MR) is 151 cm³/mol. The molecule has 0 aliphatic carbocycles. The number of nitrogens with zero attached hydrogens (tertiary/aromatic N) is 7.